The van der Waals surface area contributed by atoms with Crippen molar-refractivity contribution in [2.75, 3.05) is 5.75 Å². The molecule has 3 aromatic carbocycles. The Morgan fingerprint density at radius 2 is 1.48 bits per heavy atom. The molecule has 0 radical (unpaired) electrons. The maximum atomic E-state index is 13.6. The number of fused-ring (bicyclic) bond motifs is 1. The van der Waals surface area contributed by atoms with E-state index in [1.54, 1.807) is 6.07 Å². The highest BCUT2D eigenvalue weighted by atomic mass is 32.2. The van der Waals surface area contributed by atoms with Gasteiger partial charge in [-0.3, -0.25) is 4.79 Å². The van der Waals surface area contributed by atoms with Gasteiger partial charge in [0.25, 0.3) is 10.0 Å². The number of alkyl halides is 2. The lowest BCUT2D eigenvalue weighted by Crippen LogP contribution is -2.32. The zero-order valence-corrected chi connectivity index (χ0v) is 25.9. The van der Waals surface area contributed by atoms with E-state index in [0.717, 1.165) is 29.3 Å². The normalized spacial score (nSPS) is 14.0. The van der Waals surface area contributed by atoms with Crippen LogP contribution in [0.3, 0.4) is 0 Å². The molecule has 0 saturated carbocycles. The van der Waals surface area contributed by atoms with Crippen molar-refractivity contribution in [3.05, 3.63) is 70.8 Å². The van der Waals surface area contributed by atoms with Crippen LogP contribution in [0.4, 0.5) is 8.78 Å². The summed E-state index contributed by atoms with van der Waals surface area (Å²) in [4.78, 5) is 12.6. The summed E-state index contributed by atoms with van der Waals surface area (Å²) in [5.41, 5.74) is 3.38. The van der Waals surface area contributed by atoms with E-state index in [4.69, 9.17) is 0 Å². The number of nitrogens with one attached hydrogen (secondary N) is 1. The summed E-state index contributed by atoms with van der Waals surface area (Å²) in [6, 6.07) is 11.4. The molecule has 3 aromatic rings. The zero-order chi connectivity index (χ0) is 31.9. The van der Waals surface area contributed by atoms with Crippen molar-refractivity contribution in [2.45, 2.75) is 83.0 Å². The second kappa shape index (κ2) is 12.8. The standard InChI is InChI=1S/C30H33F2NO8S2.CH4/c1-6-42(36,37)28-10-8-22(11-21(28)16-34)43(38,39)33-29(35)15-25-23(17(2)3)12-20(13-24(25)18(4)5)19-7-9-26-27(14-19)41-30(31,32)40-26;/h7-14,17-18,34H,6,15-16H2,1-5H3,(H,33,35);1H4. The molecule has 2 N–H and O–H groups in total. The van der Waals surface area contributed by atoms with Crippen LogP contribution in [-0.2, 0) is 37.7 Å². The van der Waals surface area contributed by atoms with E-state index in [9.17, 15) is 35.5 Å². The summed E-state index contributed by atoms with van der Waals surface area (Å²) in [6.45, 7) is 8.40. The average molecular weight is 654 g/mol. The molecule has 9 nitrogen and oxygen atoms in total. The van der Waals surface area contributed by atoms with Crippen molar-refractivity contribution in [2.24, 2.45) is 0 Å². The molecular weight excluding hydrogens is 616 g/mol. The predicted octanol–water partition coefficient (Wildman–Crippen LogP) is 5.89. The highest BCUT2D eigenvalue weighted by molar-refractivity contribution is 7.91. The fourth-order valence-electron chi connectivity index (χ4n) is 4.96. The quantitative estimate of drug-likeness (QED) is 0.277. The topological polar surface area (TPSA) is 136 Å². The molecule has 0 unspecified atom stereocenters. The van der Waals surface area contributed by atoms with Crippen LogP contribution in [-0.4, -0.2) is 39.9 Å². The molecule has 4 rings (SSSR count). The van der Waals surface area contributed by atoms with E-state index in [1.807, 2.05) is 39.8 Å². The van der Waals surface area contributed by atoms with Crippen molar-refractivity contribution in [3.63, 3.8) is 0 Å². The molecule has 0 aliphatic carbocycles. The van der Waals surface area contributed by atoms with E-state index in [-0.39, 0.29) is 58.3 Å². The fraction of sp³-hybridized carbons (Fsp3) is 0.387. The van der Waals surface area contributed by atoms with Crippen LogP contribution in [0.25, 0.3) is 11.1 Å². The van der Waals surface area contributed by atoms with E-state index in [2.05, 4.69) is 14.2 Å². The molecule has 1 amide bonds. The first-order chi connectivity index (χ1) is 20.0. The van der Waals surface area contributed by atoms with Crippen molar-refractivity contribution < 1.29 is 45.0 Å². The molecule has 0 aromatic heterocycles. The number of aliphatic hydroxyl groups excluding tert-OH is 1. The van der Waals surface area contributed by atoms with Crippen molar-refractivity contribution >= 4 is 25.8 Å². The second-order valence-corrected chi connectivity index (χ2v) is 14.7. The smallest absolute Gasteiger partial charge is 0.395 e. The first kappa shape index (κ1) is 34.9. The van der Waals surface area contributed by atoms with Crippen LogP contribution in [0.2, 0.25) is 0 Å². The van der Waals surface area contributed by atoms with Gasteiger partial charge in [-0.15, -0.1) is 8.78 Å². The number of aliphatic hydroxyl groups is 1. The van der Waals surface area contributed by atoms with Gasteiger partial charge in [-0.2, -0.15) is 0 Å². The van der Waals surface area contributed by atoms with Gasteiger partial charge in [-0.25, -0.2) is 21.6 Å². The van der Waals surface area contributed by atoms with Gasteiger partial charge in [-0.05, 0) is 75.5 Å². The van der Waals surface area contributed by atoms with Gasteiger partial charge in [0.15, 0.2) is 21.3 Å². The number of halogens is 2. The van der Waals surface area contributed by atoms with E-state index < -0.39 is 38.7 Å². The number of hydrogen-bond acceptors (Lipinski definition) is 8. The molecule has 0 saturated heterocycles. The first-order valence-corrected chi connectivity index (χ1v) is 16.7. The minimum absolute atomic E-state index is 0. The summed E-state index contributed by atoms with van der Waals surface area (Å²) in [7, 11) is -8.12. The minimum atomic E-state index is -4.41. The van der Waals surface area contributed by atoms with Crippen LogP contribution in [0.5, 0.6) is 11.5 Å². The van der Waals surface area contributed by atoms with E-state index >= 15 is 0 Å². The van der Waals surface area contributed by atoms with Crippen LogP contribution >= 0.6 is 0 Å². The lowest BCUT2D eigenvalue weighted by atomic mass is 9.84. The number of amides is 1. The summed E-state index contributed by atoms with van der Waals surface area (Å²) >= 11 is 0. The van der Waals surface area contributed by atoms with Crippen LogP contribution in [0.1, 0.15) is 76.1 Å². The summed E-state index contributed by atoms with van der Waals surface area (Å²) in [5, 5.41) is 9.69. The number of carbonyl (C=O) groups is 1. The highest BCUT2D eigenvalue weighted by Gasteiger charge is 2.43. The lowest BCUT2D eigenvalue weighted by molar-refractivity contribution is -0.286. The molecule has 0 fully saturated rings. The van der Waals surface area contributed by atoms with Crippen LogP contribution < -0.4 is 14.2 Å². The molecular formula is C31H37F2NO8S2. The van der Waals surface area contributed by atoms with Gasteiger partial charge in [-0.1, -0.05) is 60.2 Å². The Balaban J connectivity index is 0.00000529. The molecule has 0 spiro atoms. The highest BCUT2D eigenvalue weighted by Crippen LogP contribution is 2.44. The molecule has 13 heteroatoms. The number of sulfone groups is 1. The molecule has 44 heavy (non-hydrogen) atoms. The molecule has 1 heterocycles. The van der Waals surface area contributed by atoms with Gasteiger partial charge in [0.2, 0.25) is 5.91 Å². The number of sulfonamides is 1. The SMILES string of the molecule is C.CCS(=O)(=O)c1ccc(S(=O)(=O)NC(=O)Cc2c(C(C)C)cc(-c3ccc4c(c3)OC(F)(F)O4)cc2C(C)C)cc1CO. The van der Waals surface area contributed by atoms with Gasteiger partial charge in [0, 0.05) is 0 Å². The largest absolute Gasteiger partial charge is 0.586 e. The Bertz CT molecular complexity index is 1760. The van der Waals surface area contributed by atoms with Crippen LogP contribution in [0, 0.1) is 0 Å². The summed E-state index contributed by atoms with van der Waals surface area (Å²) in [5.74, 6) is -1.40. The lowest BCUT2D eigenvalue weighted by Gasteiger charge is -2.22. The Morgan fingerprint density at radius 1 is 0.886 bits per heavy atom. The van der Waals surface area contributed by atoms with Crippen molar-refractivity contribution in [3.8, 4) is 22.6 Å². The molecule has 1 aliphatic heterocycles. The van der Waals surface area contributed by atoms with Gasteiger partial charge in [0.05, 0.1) is 28.6 Å². The van der Waals surface area contributed by atoms with E-state index in [1.165, 1.54) is 19.1 Å². The number of ether oxygens (including phenoxy) is 2. The van der Waals surface area contributed by atoms with Crippen molar-refractivity contribution in [1.82, 2.24) is 4.72 Å². The predicted molar refractivity (Wildman–Crippen MR) is 162 cm³/mol. The van der Waals surface area contributed by atoms with Crippen molar-refractivity contribution in [1.29, 1.82) is 0 Å². The average Bonchev–Trinajstić information content (AvgIpc) is 3.24. The van der Waals surface area contributed by atoms with Gasteiger partial charge in [0.1, 0.15) is 0 Å². The van der Waals surface area contributed by atoms with Gasteiger partial charge >= 0.3 is 6.29 Å². The summed E-state index contributed by atoms with van der Waals surface area (Å²) in [6.07, 6.45) is -4.03. The summed E-state index contributed by atoms with van der Waals surface area (Å²) < 4.78 is 89.1. The first-order valence-electron chi connectivity index (χ1n) is 13.6. The Labute approximate surface area is 257 Å². The maximum Gasteiger partial charge on any atom is 0.586 e. The molecule has 240 valence electrons. The van der Waals surface area contributed by atoms with Gasteiger partial charge < -0.3 is 14.6 Å². The Kier molecular flexibility index (Phi) is 10.2. The molecule has 1 aliphatic rings. The Morgan fingerprint density at radius 3 is 2.02 bits per heavy atom. The third-order valence-electron chi connectivity index (χ3n) is 7.11. The van der Waals surface area contributed by atoms with Crippen LogP contribution in [0.15, 0.2) is 58.3 Å². The molecule has 0 atom stereocenters. The number of benzene rings is 3. The van der Waals surface area contributed by atoms with E-state index in [0.29, 0.717) is 16.7 Å². The second-order valence-electron chi connectivity index (χ2n) is 10.8. The zero-order valence-electron chi connectivity index (χ0n) is 24.3. The maximum absolute atomic E-state index is 13.6. The third-order valence-corrected chi connectivity index (χ3v) is 10.3. The minimum Gasteiger partial charge on any atom is -0.395 e. The third kappa shape index (κ3) is 7.22. The molecule has 0 bridgehead atoms. The number of hydrogen-bond donors (Lipinski definition) is 2. The number of rotatable bonds is 10. The monoisotopic (exact) mass is 653 g/mol. The fourth-order valence-corrected chi connectivity index (χ4v) is 7.10. The Hall–Kier alpha value is -3.55. The number of carbonyl (C=O) groups excluding carboxylic acids is 1.